The van der Waals surface area contributed by atoms with E-state index in [1.807, 2.05) is 7.05 Å². The summed E-state index contributed by atoms with van der Waals surface area (Å²) in [4.78, 5) is 0. The third-order valence-electron chi connectivity index (χ3n) is 0.992. The second kappa shape index (κ2) is 4.61. The molecule has 0 aliphatic heterocycles. The van der Waals surface area contributed by atoms with Crippen LogP contribution in [-0.2, 0) is 0 Å². The van der Waals surface area contributed by atoms with Gasteiger partial charge in [0.2, 0.25) is 0 Å². The van der Waals surface area contributed by atoms with Gasteiger partial charge in [-0.2, -0.15) is 5.26 Å². The Hall–Kier alpha value is -0.550. The predicted octanol–water partition coefficient (Wildman–Crippen LogP) is 0.756. The minimum absolute atomic E-state index is 0.491. The summed E-state index contributed by atoms with van der Waals surface area (Å²) in [5.41, 5.74) is 0. The van der Waals surface area contributed by atoms with Crippen LogP contribution in [0.2, 0.25) is 0 Å². The van der Waals surface area contributed by atoms with E-state index in [2.05, 4.69) is 18.3 Å². The van der Waals surface area contributed by atoms with Crippen molar-refractivity contribution in [2.24, 2.45) is 5.92 Å². The fourth-order valence-electron chi connectivity index (χ4n) is 0.576. The van der Waals surface area contributed by atoms with Gasteiger partial charge in [0.15, 0.2) is 0 Å². The van der Waals surface area contributed by atoms with Crippen molar-refractivity contribution < 1.29 is 0 Å². The maximum Gasteiger partial charge on any atom is 0.0625 e. The van der Waals surface area contributed by atoms with Gasteiger partial charge in [0.25, 0.3) is 0 Å². The number of hydrogen-bond donors (Lipinski definition) is 1. The largest absolute Gasteiger partial charge is 0.319 e. The van der Waals surface area contributed by atoms with Crippen molar-refractivity contribution in [3.05, 3.63) is 0 Å². The van der Waals surface area contributed by atoms with Gasteiger partial charge in [-0.05, 0) is 19.5 Å². The topological polar surface area (TPSA) is 35.8 Å². The monoisotopic (exact) mass is 112 g/mol. The van der Waals surface area contributed by atoms with Crippen molar-refractivity contribution in [3.8, 4) is 6.07 Å². The molecule has 0 rings (SSSR count). The Morgan fingerprint density at radius 3 is 2.75 bits per heavy atom. The molecule has 0 amide bonds. The summed E-state index contributed by atoms with van der Waals surface area (Å²) in [5.74, 6) is 0.491. The highest BCUT2D eigenvalue weighted by molar-refractivity contribution is 4.73. The molecule has 0 unspecified atom stereocenters. The molecule has 0 saturated carbocycles. The lowest BCUT2D eigenvalue weighted by Crippen LogP contribution is -2.15. The molecule has 0 heterocycles. The van der Waals surface area contributed by atoms with Gasteiger partial charge in [-0.25, -0.2) is 0 Å². The van der Waals surface area contributed by atoms with Crippen LogP contribution >= 0.6 is 0 Å². The molecular weight excluding hydrogens is 100 g/mol. The van der Waals surface area contributed by atoms with E-state index in [9.17, 15) is 0 Å². The second-order valence-corrected chi connectivity index (χ2v) is 2.03. The van der Waals surface area contributed by atoms with Crippen molar-refractivity contribution in [1.29, 1.82) is 5.26 Å². The van der Waals surface area contributed by atoms with Gasteiger partial charge < -0.3 is 5.32 Å². The predicted molar refractivity (Wildman–Crippen MR) is 33.3 cm³/mol. The number of nitrogens with one attached hydrogen (secondary N) is 1. The van der Waals surface area contributed by atoms with Gasteiger partial charge in [-0.1, -0.05) is 6.92 Å². The Labute approximate surface area is 50.5 Å². The summed E-state index contributed by atoms with van der Waals surface area (Å²) in [7, 11) is 1.90. The summed E-state index contributed by atoms with van der Waals surface area (Å²) in [5, 5.41) is 11.2. The zero-order valence-electron chi connectivity index (χ0n) is 5.44. The van der Waals surface area contributed by atoms with Crippen LogP contribution < -0.4 is 5.32 Å². The average molecular weight is 112 g/mol. The third kappa shape index (κ3) is 3.63. The smallest absolute Gasteiger partial charge is 0.0625 e. The Bertz CT molecular complexity index is 83.0. The summed E-state index contributed by atoms with van der Waals surface area (Å²) in [6.07, 6.45) is 0.654. The van der Waals surface area contributed by atoms with Crippen molar-refractivity contribution in [3.63, 3.8) is 0 Å². The third-order valence-corrected chi connectivity index (χ3v) is 0.992. The van der Waals surface area contributed by atoms with Gasteiger partial charge in [0.1, 0.15) is 0 Å². The molecule has 0 bridgehead atoms. The second-order valence-electron chi connectivity index (χ2n) is 2.03. The summed E-state index contributed by atoms with van der Waals surface area (Å²) < 4.78 is 0. The molecule has 2 heteroatoms. The molecule has 0 aliphatic carbocycles. The quantitative estimate of drug-likeness (QED) is 0.585. The molecule has 2 nitrogen and oxygen atoms in total. The number of rotatable bonds is 3. The van der Waals surface area contributed by atoms with E-state index in [-0.39, 0.29) is 0 Å². The molecule has 1 N–H and O–H groups in total. The molecule has 0 aromatic heterocycles. The van der Waals surface area contributed by atoms with Crippen LogP contribution in [0.25, 0.3) is 0 Å². The van der Waals surface area contributed by atoms with E-state index in [0.29, 0.717) is 12.3 Å². The molecule has 46 valence electrons. The van der Waals surface area contributed by atoms with E-state index in [1.165, 1.54) is 0 Å². The Balaban J connectivity index is 3.08. The minimum atomic E-state index is 0.491. The van der Waals surface area contributed by atoms with Crippen molar-refractivity contribution in [2.45, 2.75) is 13.3 Å². The molecule has 0 saturated heterocycles. The highest BCUT2D eigenvalue weighted by atomic mass is 14.8. The lowest BCUT2D eigenvalue weighted by molar-refractivity contribution is 0.556. The van der Waals surface area contributed by atoms with Crippen LogP contribution in [0.4, 0.5) is 0 Å². The van der Waals surface area contributed by atoms with E-state index < -0.39 is 0 Å². The van der Waals surface area contributed by atoms with Crippen LogP contribution in [0, 0.1) is 17.2 Å². The molecule has 0 aromatic rings. The Kier molecular flexibility index (Phi) is 4.29. The SMILES string of the molecule is CNC[C@@H](C)CC#N. The summed E-state index contributed by atoms with van der Waals surface area (Å²) in [6.45, 7) is 2.99. The Morgan fingerprint density at radius 1 is 1.75 bits per heavy atom. The van der Waals surface area contributed by atoms with Crippen LogP contribution in [0.5, 0.6) is 0 Å². The highest BCUT2D eigenvalue weighted by Crippen LogP contribution is 1.95. The van der Waals surface area contributed by atoms with Crippen molar-refractivity contribution in [2.75, 3.05) is 13.6 Å². The van der Waals surface area contributed by atoms with Crippen molar-refractivity contribution >= 4 is 0 Å². The van der Waals surface area contributed by atoms with E-state index in [4.69, 9.17) is 5.26 Å². The molecule has 1 atom stereocenters. The fourth-order valence-corrected chi connectivity index (χ4v) is 0.576. The molecule has 0 radical (unpaired) electrons. The number of nitrogens with zero attached hydrogens (tertiary/aromatic N) is 1. The molecule has 0 spiro atoms. The lowest BCUT2D eigenvalue weighted by atomic mass is 10.1. The number of hydrogen-bond acceptors (Lipinski definition) is 2. The maximum atomic E-state index is 8.19. The first-order valence-corrected chi connectivity index (χ1v) is 2.82. The van der Waals surface area contributed by atoms with Gasteiger partial charge >= 0.3 is 0 Å². The fraction of sp³-hybridized carbons (Fsp3) is 0.833. The van der Waals surface area contributed by atoms with E-state index in [1.54, 1.807) is 0 Å². The zero-order chi connectivity index (χ0) is 6.41. The molecule has 8 heavy (non-hydrogen) atoms. The number of nitriles is 1. The molecule has 0 aliphatic rings. The van der Waals surface area contributed by atoms with Gasteiger partial charge in [0.05, 0.1) is 6.07 Å². The van der Waals surface area contributed by atoms with E-state index in [0.717, 1.165) is 6.54 Å². The Morgan fingerprint density at radius 2 is 2.38 bits per heavy atom. The molecule has 0 aromatic carbocycles. The van der Waals surface area contributed by atoms with Crippen LogP contribution in [0.3, 0.4) is 0 Å². The average Bonchev–Trinajstić information content (AvgIpc) is 1.68. The first kappa shape index (κ1) is 7.45. The van der Waals surface area contributed by atoms with Crippen LogP contribution in [0.15, 0.2) is 0 Å². The van der Waals surface area contributed by atoms with Gasteiger partial charge in [-0.15, -0.1) is 0 Å². The first-order chi connectivity index (χ1) is 3.81. The normalized spacial score (nSPS) is 12.6. The lowest BCUT2D eigenvalue weighted by Gasteiger charge is -2.02. The summed E-state index contributed by atoms with van der Waals surface area (Å²) in [6, 6.07) is 2.11. The highest BCUT2D eigenvalue weighted by Gasteiger charge is 1.95. The molecular formula is C6H12N2. The van der Waals surface area contributed by atoms with Crippen LogP contribution in [0.1, 0.15) is 13.3 Å². The standard InChI is InChI=1S/C6H12N2/c1-6(3-4-7)5-8-2/h6,8H,3,5H2,1-2H3/t6-/m0/s1. The minimum Gasteiger partial charge on any atom is -0.319 e. The first-order valence-electron chi connectivity index (χ1n) is 2.82. The van der Waals surface area contributed by atoms with Crippen molar-refractivity contribution in [1.82, 2.24) is 5.32 Å². The van der Waals surface area contributed by atoms with Crippen LogP contribution in [-0.4, -0.2) is 13.6 Å². The van der Waals surface area contributed by atoms with Gasteiger partial charge in [0, 0.05) is 6.42 Å². The molecule has 0 fully saturated rings. The zero-order valence-corrected chi connectivity index (χ0v) is 5.44. The van der Waals surface area contributed by atoms with Gasteiger partial charge in [-0.3, -0.25) is 0 Å². The van der Waals surface area contributed by atoms with E-state index >= 15 is 0 Å². The maximum absolute atomic E-state index is 8.19. The summed E-state index contributed by atoms with van der Waals surface area (Å²) >= 11 is 0.